The van der Waals surface area contributed by atoms with E-state index in [-0.39, 0.29) is 0 Å². The van der Waals surface area contributed by atoms with Gasteiger partial charge in [-0.15, -0.1) is 0 Å². The maximum Gasteiger partial charge on any atom is 0.207 e. The van der Waals surface area contributed by atoms with Crippen LogP contribution in [0.3, 0.4) is 0 Å². The molecular formula is C13H18N4. The van der Waals surface area contributed by atoms with Crippen LogP contribution in [-0.2, 0) is 0 Å². The molecular weight excluding hydrogens is 212 g/mol. The largest absolute Gasteiger partial charge is 0.355 e. The van der Waals surface area contributed by atoms with E-state index in [2.05, 4.69) is 29.1 Å². The van der Waals surface area contributed by atoms with Gasteiger partial charge in [-0.3, -0.25) is 9.55 Å². The van der Waals surface area contributed by atoms with Crippen molar-refractivity contribution in [1.82, 2.24) is 14.5 Å². The summed E-state index contributed by atoms with van der Waals surface area (Å²) in [6.45, 7) is 7.24. The summed E-state index contributed by atoms with van der Waals surface area (Å²) in [5.41, 5.74) is 2.05. The molecule has 4 heteroatoms. The maximum atomic E-state index is 4.31. The number of imidazole rings is 1. The number of nitrogens with zero attached hydrogens (tertiary/aromatic N) is 3. The zero-order valence-corrected chi connectivity index (χ0v) is 10.5. The highest BCUT2D eigenvalue weighted by atomic mass is 15.2. The lowest BCUT2D eigenvalue weighted by molar-refractivity contribution is 0.683. The molecule has 2 heterocycles. The molecule has 2 rings (SSSR count). The summed E-state index contributed by atoms with van der Waals surface area (Å²) in [4.78, 5) is 8.61. The number of anilines is 1. The van der Waals surface area contributed by atoms with E-state index in [0.717, 1.165) is 23.9 Å². The van der Waals surface area contributed by atoms with Crippen molar-refractivity contribution < 1.29 is 0 Å². The molecule has 0 saturated heterocycles. The molecule has 2 aromatic rings. The molecule has 0 unspecified atom stereocenters. The zero-order chi connectivity index (χ0) is 12.3. The molecule has 0 saturated carbocycles. The molecule has 1 N–H and O–H groups in total. The van der Waals surface area contributed by atoms with Crippen molar-refractivity contribution in [3.63, 3.8) is 0 Å². The predicted octanol–water partition coefficient (Wildman–Crippen LogP) is 2.64. The van der Waals surface area contributed by atoms with Crippen LogP contribution in [0.15, 0.2) is 30.7 Å². The number of aryl methyl sites for hydroxylation is 1. The molecule has 0 aliphatic heterocycles. The molecule has 0 aromatic carbocycles. The van der Waals surface area contributed by atoms with Gasteiger partial charge in [0.05, 0.1) is 11.9 Å². The molecule has 0 bridgehead atoms. The van der Waals surface area contributed by atoms with Gasteiger partial charge in [0.1, 0.15) is 0 Å². The van der Waals surface area contributed by atoms with Gasteiger partial charge in [0.15, 0.2) is 0 Å². The Balaban J connectivity index is 2.21. The zero-order valence-electron chi connectivity index (χ0n) is 10.5. The SMILES string of the molecule is Cc1ccc(-n2ccnc2NCC(C)C)cn1. The Hall–Kier alpha value is -1.84. The lowest BCUT2D eigenvalue weighted by Gasteiger charge is -2.11. The summed E-state index contributed by atoms with van der Waals surface area (Å²) in [5.74, 6) is 1.46. The van der Waals surface area contributed by atoms with Gasteiger partial charge in [-0.25, -0.2) is 4.98 Å². The van der Waals surface area contributed by atoms with Crippen LogP contribution in [0.2, 0.25) is 0 Å². The Labute approximate surface area is 102 Å². The van der Waals surface area contributed by atoms with Crippen LogP contribution in [0.1, 0.15) is 19.5 Å². The first kappa shape index (κ1) is 11.6. The van der Waals surface area contributed by atoms with E-state index in [1.165, 1.54) is 0 Å². The van der Waals surface area contributed by atoms with Crippen molar-refractivity contribution in [2.24, 2.45) is 5.92 Å². The lowest BCUT2D eigenvalue weighted by atomic mass is 10.2. The highest BCUT2D eigenvalue weighted by Gasteiger charge is 2.05. The number of nitrogens with one attached hydrogen (secondary N) is 1. The van der Waals surface area contributed by atoms with Gasteiger partial charge in [-0.1, -0.05) is 13.8 Å². The van der Waals surface area contributed by atoms with Crippen molar-refractivity contribution in [3.8, 4) is 5.69 Å². The molecule has 90 valence electrons. The number of hydrogen-bond acceptors (Lipinski definition) is 3. The quantitative estimate of drug-likeness (QED) is 0.878. The molecule has 0 radical (unpaired) electrons. The Kier molecular flexibility index (Phi) is 3.42. The summed E-state index contributed by atoms with van der Waals surface area (Å²) in [7, 11) is 0. The molecule has 17 heavy (non-hydrogen) atoms. The van der Waals surface area contributed by atoms with Gasteiger partial charge >= 0.3 is 0 Å². The van der Waals surface area contributed by atoms with Crippen LogP contribution in [0.4, 0.5) is 5.95 Å². The minimum absolute atomic E-state index is 0.594. The van der Waals surface area contributed by atoms with E-state index in [9.17, 15) is 0 Å². The van der Waals surface area contributed by atoms with Gasteiger partial charge in [0, 0.05) is 24.6 Å². The van der Waals surface area contributed by atoms with Gasteiger partial charge in [-0.2, -0.15) is 0 Å². The van der Waals surface area contributed by atoms with Crippen LogP contribution in [0.5, 0.6) is 0 Å². The molecule has 0 spiro atoms. The number of aromatic nitrogens is 3. The summed E-state index contributed by atoms with van der Waals surface area (Å²) >= 11 is 0. The van der Waals surface area contributed by atoms with E-state index in [1.54, 1.807) is 6.20 Å². The van der Waals surface area contributed by atoms with Crippen molar-refractivity contribution in [3.05, 3.63) is 36.4 Å². The van der Waals surface area contributed by atoms with E-state index < -0.39 is 0 Å². The van der Waals surface area contributed by atoms with Crippen LogP contribution < -0.4 is 5.32 Å². The number of hydrogen-bond donors (Lipinski definition) is 1. The second kappa shape index (κ2) is 4.99. The average molecular weight is 230 g/mol. The highest BCUT2D eigenvalue weighted by Crippen LogP contribution is 2.13. The first-order valence-corrected chi connectivity index (χ1v) is 5.87. The first-order chi connectivity index (χ1) is 8.16. The first-order valence-electron chi connectivity index (χ1n) is 5.87. The lowest BCUT2D eigenvalue weighted by Crippen LogP contribution is -2.12. The van der Waals surface area contributed by atoms with E-state index in [4.69, 9.17) is 0 Å². The maximum absolute atomic E-state index is 4.31. The number of rotatable bonds is 4. The van der Waals surface area contributed by atoms with Gasteiger partial charge in [-0.05, 0) is 25.0 Å². The summed E-state index contributed by atoms with van der Waals surface area (Å²) < 4.78 is 2.01. The van der Waals surface area contributed by atoms with Gasteiger partial charge < -0.3 is 5.32 Å². The Morgan fingerprint density at radius 1 is 1.29 bits per heavy atom. The molecule has 0 amide bonds. The Morgan fingerprint density at radius 3 is 2.76 bits per heavy atom. The second-order valence-corrected chi connectivity index (χ2v) is 4.55. The predicted molar refractivity (Wildman–Crippen MR) is 69.4 cm³/mol. The van der Waals surface area contributed by atoms with E-state index >= 15 is 0 Å². The number of pyridine rings is 1. The minimum atomic E-state index is 0.594. The Morgan fingerprint density at radius 2 is 2.12 bits per heavy atom. The minimum Gasteiger partial charge on any atom is -0.355 e. The molecule has 0 atom stereocenters. The third-order valence-corrected chi connectivity index (χ3v) is 2.48. The van der Waals surface area contributed by atoms with Crippen LogP contribution >= 0.6 is 0 Å². The van der Waals surface area contributed by atoms with E-state index in [1.807, 2.05) is 36.0 Å². The normalized spacial score (nSPS) is 10.8. The van der Waals surface area contributed by atoms with Gasteiger partial charge in [0.25, 0.3) is 0 Å². The fourth-order valence-electron chi connectivity index (χ4n) is 1.54. The molecule has 0 aliphatic carbocycles. The van der Waals surface area contributed by atoms with Crippen LogP contribution in [0.25, 0.3) is 5.69 Å². The summed E-state index contributed by atoms with van der Waals surface area (Å²) in [6, 6.07) is 4.05. The molecule has 4 nitrogen and oxygen atoms in total. The second-order valence-electron chi connectivity index (χ2n) is 4.55. The Bertz CT molecular complexity index is 470. The van der Waals surface area contributed by atoms with Crippen molar-refractivity contribution in [2.75, 3.05) is 11.9 Å². The standard InChI is InChI=1S/C13H18N4/c1-10(2)8-16-13-14-6-7-17(13)12-5-4-11(3)15-9-12/h4-7,9-10H,8H2,1-3H3,(H,14,16). The third-order valence-electron chi connectivity index (χ3n) is 2.48. The fraction of sp³-hybridized carbons (Fsp3) is 0.385. The van der Waals surface area contributed by atoms with Crippen molar-refractivity contribution >= 4 is 5.95 Å². The van der Waals surface area contributed by atoms with Crippen molar-refractivity contribution in [2.45, 2.75) is 20.8 Å². The molecule has 2 aromatic heterocycles. The highest BCUT2D eigenvalue weighted by molar-refractivity contribution is 5.40. The summed E-state index contributed by atoms with van der Waals surface area (Å²) in [6.07, 6.45) is 5.59. The topological polar surface area (TPSA) is 42.7 Å². The summed E-state index contributed by atoms with van der Waals surface area (Å²) in [5, 5.41) is 3.33. The third kappa shape index (κ3) is 2.84. The average Bonchev–Trinajstić information content (AvgIpc) is 2.75. The van der Waals surface area contributed by atoms with Crippen LogP contribution in [0, 0.1) is 12.8 Å². The van der Waals surface area contributed by atoms with Crippen LogP contribution in [-0.4, -0.2) is 21.1 Å². The molecule has 0 fully saturated rings. The smallest absolute Gasteiger partial charge is 0.207 e. The fourth-order valence-corrected chi connectivity index (χ4v) is 1.54. The molecule has 0 aliphatic rings. The van der Waals surface area contributed by atoms with Gasteiger partial charge in [0.2, 0.25) is 5.95 Å². The van der Waals surface area contributed by atoms with Crippen molar-refractivity contribution in [1.29, 1.82) is 0 Å². The van der Waals surface area contributed by atoms with E-state index in [0.29, 0.717) is 5.92 Å². The monoisotopic (exact) mass is 230 g/mol.